The second-order valence-corrected chi connectivity index (χ2v) is 13.3. The summed E-state index contributed by atoms with van der Waals surface area (Å²) >= 11 is 0. The van der Waals surface area contributed by atoms with Crippen LogP contribution >= 0.6 is 0 Å². The average Bonchev–Trinajstić information content (AvgIpc) is 3.62. The number of esters is 1. The predicted molar refractivity (Wildman–Crippen MR) is 169 cm³/mol. The fraction of sp³-hybridized carbons (Fsp3) is 0.417. The van der Waals surface area contributed by atoms with E-state index in [0.717, 1.165) is 27.8 Å². The van der Waals surface area contributed by atoms with E-state index in [1.165, 1.54) is 11.8 Å². The Bertz CT molecular complexity index is 1870. The molecule has 5 heterocycles. The zero-order chi connectivity index (χ0) is 33.0. The number of phenolic OH excluding ortho intramolecular Hbond substituents is 1. The monoisotopic (exact) mass is 639 g/mol. The first-order valence-electron chi connectivity index (χ1n) is 16.0. The van der Waals surface area contributed by atoms with E-state index in [-0.39, 0.29) is 55.1 Å². The molecule has 0 aliphatic carbocycles. The van der Waals surface area contributed by atoms with Gasteiger partial charge in [-0.25, -0.2) is 0 Å². The molecule has 0 radical (unpaired) electrons. The number of aromatic hydroxyl groups is 1. The smallest absolute Gasteiger partial charge is 0.308 e. The number of phenols is 1. The standard InChI is InChI=1S/C36H37N3O8/c1-16-11-20-12-24-18(3)39-25(29(37(24)5)27(20)30(41)31(16)44-6)13-23-28(34-33(45-15-46-34)17(2)32(23)47-19(4)40)26(39)14-38-35(42)21-9-7-8-10-22(21)36(38)43/h7-11,18,24-26,29,41H,12-15H2,1-6H3/t18-,24-,25?,26?,29-/m0/s1. The maximum Gasteiger partial charge on any atom is 0.308 e. The number of methoxy groups -OCH3 is 1. The average molecular weight is 640 g/mol. The molecule has 0 saturated carbocycles. The van der Waals surface area contributed by atoms with Crippen molar-refractivity contribution in [2.75, 3.05) is 27.5 Å². The lowest BCUT2D eigenvalue weighted by atomic mass is 9.71. The molecule has 5 aliphatic rings. The number of carbonyl (C=O) groups is 3. The Labute approximate surface area is 272 Å². The van der Waals surface area contributed by atoms with Gasteiger partial charge in [0.05, 0.1) is 30.3 Å². The molecule has 2 bridgehead atoms. The fourth-order valence-corrected chi connectivity index (χ4v) is 9.08. The van der Waals surface area contributed by atoms with E-state index < -0.39 is 12.0 Å². The Kier molecular flexibility index (Phi) is 6.62. The molecule has 2 unspecified atom stereocenters. The van der Waals surface area contributed by atoms with E-state index in [1.807, 2.05) is 13.8 Å². The van der Waals surface area contributed by atoms with Crippen LogP contribution in [0.3, 0.4) is 0 Å². The van der Waals surface area contributed by atoms with Crippen molar-refractivity contribution in [1.82, 2.24) is 14.7 Å². The molecular weight excluding hydrogens is 602 g/mol. The van der Waals surface area contributed by atoms with Gasteiger partial charge in [-0.3, -0.25) is 29.1 Å². The van der Waals surface area contributed by atoms with Crippen LogP contribution in [0.25, 0.3) is 0 Å². The Morgan fingerprint density at radius 2 is 1.68 bits per heavy atom. The van der Waals surface area contributed by atoms with Gasteiger partial charge in [0.2, 0.25) is 6.79 Å². The van der Waals surface area contributed by atoms with Crippen LogP contribution in [-0.2, 0) is 17.6 Å². The van der Waals surface area contributed by atoms with Crippen molar-refractivity contribution in [3.8, 4) is 28.7 Å². The summed E-state index contributed by atoms with van der Waals surface area (Å²) in [5, 5.41) is 11.7. The number of carbonyl (C=O) groups excluding carboxylic acids is 3. The number of ether oxygens (including phenoxy) is 4. The predicted octanol–water partition coefficient (Wildman–Crippen LogP) is 4.24. The third kappa shape index (κ3) is 4.02. The third-order valence-corrected chi connectivity index (χ3v) is 11.0. The van der Waals surface area contributed by atoms with Crippen molar-refractivity contribution in [3.63, 3.8) is 0 Å². The van der Waals surface area contributed by atoms with Crippen molar-refractivity contribution in [3.05, 3.63) is 74.8 Å². The van der Waals surface area contributed by atoms with Crippen LogP contribution in [0.5, 0.6) is 28.7 Å². The molecule has 1 fully saturated rings. The highest BCUT2D eigenvalue weighted by Gasteiger charge is 2.56. The quantitative estimate of drug-likeness (QED) is 0.252. The molecule has 11 nitrogen and oxygen atoms in total. The van der Waals surface area contributed by atoms with Crippen LogP contribution in [0.1, 0.15) is 80.0 Å². The first-order valence-corrected chi connectivity index (χ1v) is 16.0. The van der Waals surface area contributed by atoms with E-state index in [0.29, 0.717) is 52.5 Å². The van der Waals surface area contributed by atoms with Gasteiger partial charge in [0, 0.05) is 53.8 Å². The Morgan fingerprint density at radius 1 is 1.00 bits per heavy atom. The maximum absolute atomic E-state index is 13.8. The van der Waals surface area contributed by atoms with Gasteiger partial charge >= 0.3 is 5.97 Å². The van der Waals surface area contributed by atoms with Crippen molar-refractivity contribution in [2.45, 2.75) is 70.7 Å². The van der Waals surface area contributed by atoms with Gasteiger partial charge in [-0.05, 0) is 63.9 Å². The van der Waals surface area contributed by atoms with Crippen molar-refractivity contribution < 1.29 is 38.4 Å². The molecule has 2 amide bonds. The summed E-state index contributed by atoms with van der Waals surface area (Å²) in [6, 6.07) is 7.97. The van der Waals surface area contributed by atoms with Crippen LogP contribution in [0.2, 0.25) is 0 Å². The minimum atomic E-state index is -0.527. The van der Waals surface area contributed by atoms with Crippen LogP contribution < -0.4 is 18.9 Å². The number of hydrogen-bond acceptors (Lipinski definition) is 10. The van der Waals surface area contributed by atoms with E-state index in [1.54, 1.807) is 31.4 Å². The summed E-state index contributed by atoms with van der Waals surface area (Å²) in [6.07, 6.45) is 1.15. The van der Waals surface area contributed by atoms with Crippen molar-refractivity contribution in [2.24, 2.45) is 0 Å². The van der Waals surface area contributed by atoms with Crippen LogP contribution in [0.4, 0.5) is 0 Å². The minimum Gasteiger partial charge on any atom is -0.504 e. The number of fused-ring (bicyclic) bond motifs is 10. The molecule has 0 spiro atoms. The molecule has 47 heavy (non-hydrogen) atoms. The topological polar surface area (TPSA) is 118 Å². The van der Waals surface area contributed by atoms with Gasteiger partial charge in [0.1, 0.15) is 5.75 Å². The highest BCUT2D eigenvalue weighted by Crippen LogP contribution is 2.58. The molecule has 244 valence electrons. The summed E-state index contributed by atoms with van der Waals surface area (Å²) in [6.45, 7) is 7.39. The van der Waals surface area contributed by atoms with Crippen molar-refractivity contribution in [1.29, 1.82) is 0 Å². The lowest BCUT2D eigenvalue weighted by Crippen LogP contribution is -2.68. The number of amides is 2. The number of nitrogens with zero attached hydrogens (tertiary/aromatic N) is 3. The second kappa shape index (κ2) is 10.4. The summed E-state index contributed by atoms with van der Waals surface area (Å²) in [4.78, 5) is 46.2. The van der Waals surface area contributed by atoms with Gasteiger partial charge in [-0.2, -0.15) is 0 Å². The highest BCUT2D eigenvalue weighted by atomic mass is 16.7. The first kappa shape index (κ1) is 29.8. The van der Waals surface area contributed by atoms with Gasteiger partial charge in [-0.1, -0.05) is 18.2 Å². The lowest BCUT2D eigenvalue weighted by molar-refractivity contribution is -0.132. The number of likely N-dealkylation sites (N-methyl/N-ethyl adjacent to an activating group) is 1. The molecule has 1 N–H and O–H groups in total. The van der Waals surface area contributed by atoms with Gasteiger partial charge < -0.3 is 24.1 Å². The van der Waals surface area contributed by atoms with E-state index in [4.69, 9.17) is 18.9 Å². The van der Waals surface area contributed by atoms with Gasteiger partial charge in [0.15, 0.2) is 23.0 Å². The molecule has 0 aromatic heterocycles. The number of benzene rings is 3. The zero-order valence-electron chi connectivity index (χ0n) is 27.2. The van der Waals surface area contributed by atoms with Gasteiger partial charge in [0.25, 0.3) is 11.8 Å². The first-order chi connectivity index (χ1) is 22.5. The Hall–Kier alpha value is -4.61. The summed E-state index contributed by atoms with van der Waals surface area (Å²) in [5.74, 6) is 0.852. The van der Waals surface area contributed by atoms with Crippen molar-refractivity contribution >= 4 is 17.8 Å². The molecule has 8 rings (SSSR count). The number of piperazine rings is 1. The summed E-state index contributed by atoms with van der Waals surface area (Å²) < 4.78 is 23.7. The Morgan fingerprint density at radius 3 is 2.34 bits per heavy atom. The number of hydrogen-bond donors (Lipinski definition) is 1. The normalized spacial score (nSPS) is 25.7. The fourth-order valence-electron chi connectivity index (χ4n) is 9.08. The number of rotatable bonds is 4. The van der Waals surface area contributed by atoms with E-state index in [2.05, 4.69) is 29.8 Å². The molecule has 1 saturated heterocycles. The van der Waals surface area contributed by atoms with Crippen LogP contribution in [0.15, 0.2) is 30.3 Å². The largest absolute Gasteiger partial charge is 0.504 e. The lowest BCUT2D eigenvalue weighted by Gasteiger charge is -2.61. The molecule has 11 heteroatoms. The third-order valence-electron chi connectivity index (χ3n) is 11.0. The molecule has 3 aromatic carbocycles. The second-order valence-electron chi connectivity index (χ2n) is 13.3. The molecule has 3 aromatic rings. The SMILES string of the molecule is COc1c(C)cc2c(c1O)[C@@H]1C3Cc4c(OC(C)=O)c(C)c5c(c4C(CN4C(=O)c6ccccc6C4=O)N3[C@@H](C)[C@H](C2)N1C)OCO5. The van der Waals surface area contributed by atoms with E-state index >= 15 is 0 Å². The zero-order valence-corrected chi connectivity index (χ0v) is 27.2. The summed E-state index contributed by atoms with van der Waals surface area (Å²) in [5.41, 5.74) is 5.69. The minimum absolute atomic E-state index is 0.000756. The molecule has 5 aliphatic heterocycles. The van der Waals surface area contributed by atoms with Crippen LogP contribution in [0, 0.1) is 13.8 Å². The summed E-state index contributed by atoms with van der Waals surface area (Å²) in [7, 11) is 3.65. The number of aryl methyl sites for hydroxylation is 1. The molecular formula is C36H37N3O8. The molecule has 5 atom stereocenters. The van der Waals surface area contributed by atoms with Gasteiger partial charge in [-0.15, -0.1) is 0 Å². The van der Waals surface area contributed by atoms with E-state index in [9.17, 15) is 19.5 Å². The Balaban J connectivity index is 1.36. The maximum atomic E-state index is 13.8. The van der Waals surface area contributed by atoms with Crippen LogP contribution in [-0.4, -0.2) is 83.2 Å². The highest BCUT2D eigenvalue weighted by molar-refractivity contribution is 6.21. The number of imide groups is 1.